The summed E-state index contributed by atoms with van der Waals surface area (Å²) in [6.07, 6.45) is 0.786. The van der Waals surface area contributed by atoms with Gasteiger partial charge in [-0.3, -0.25) is 0 Å². The lowest BCUT2D eigenvalue weighted by molar-refractivity contribution is 0.0695. The van der Waals surface area contributed by atoms with Crippen molar-refractivity contribution in [3.8, 4) is 17.2 Å². The average molecular weight is 387 g/mol. The first-order valence-corrected chi connectivity index (χ1v) is 9.48. The van der Waals surface area contributed by atoms with E-state index < -0.39 is 0 Å². The Kier molecular flexibility index (Phi) is 5.75. The minimum Gasteiger partial charge on any atom is -0.497 e. The predicted molar refractivity (Wildman–Crippen MR) is 112 cm³/mol. The highest BCUT2D eigenvalue weighted by Gasteiger charge is 2.34. The average Bonchev–Trinajstić information content (AvgIpc) is 2.61. The molecule has 2 N–H and O–H groups in total. The summed E-state index contributed by atoms with van der Waals surface area (Å²) < 4.78 is 17.0. The van der Waals surface area contributed by atoms with Crippen molar-refractivity contribution in [3.63, 3.8) is 0 Å². The van der Waals surface area contributed by atoms with Gasteiger partial charge in [0.15, 0.2) is 5.11 Å². The van der Waals surface area contributed by atoms with E-state index in [4.69, 9.17) is 26.4 Å². The van der Waals surface area contributed by atoms with Crippen LogP contribution in [0.1, 0.15) is 38.8 Å². The number of nitrogens with one attached hydrogen (secondary N) is 2. The number of hydrogen-bond donors (Lipinski definition) is 2. The molecule has 1 aliphatic rings. The third-order valence-corrected chi connectivity index (χ3v) is 4.60. The fraction of sp³-hybridized carbons (Fsp3) is 0.381. The Hall–Kier alpha value is -2.47. The Morgan fingerprint density at radius 1 is 1.22 bits per heavy atom. The van der Waals surface area contributed by atoms with Crippen LogP contribution in [0, 0.1) is 0 Å². The van der Waals surface area contributed by atoms with Crippen molar-refractivity contribution in [3.05, 3.63) is 48.0 Å². The summed E-state index contributed by atoms with van der Waals surface area (Å²) in [5, 5.41) is 7.22. The van der Waals surface area contributed by atoms with E-state index in [0.29, 0.717) is 11.7 Å². The predicted octanol–water partition coefficient (Wildman–Crippen LogP) is 4.68. The summed E-state index contributed by atoms with van der Waals surface area (Å²) in [7, 11) is 1.66. The number of anilines is 1. The van der Waals surface area contributed by atoms with E-state index in [1.54, 1.807) is 7.11 Å². The van der Waals surface area contributed by atoms with Crippen LogP contribution >= 0.6 is 12.2 Å². The zero-order valence-electron chi connectivity index (χ0n) is 16.2. The molecule has 0 fully saturated rings. The Balaban J connectivity index is 1.76. The van der Waals surface area contributed by atoms with Gasteiger partial charge in [-0.2, -0.15) is 0 Å². The van der Waals surface area contributed by atoms with Gasteiger partial charge in [-0.1, -0.05) is 6.07 Å². The summed E-state index contributed by atoms with van der Waals surface area (Å²) in [6, 6.07) is 13.6. The van der Waals surface area contributed by atoms with Crippen molar-refractivity contribution in [2.24, 2.45) is 0 Å². The van der Waals surface area contributed by atoms with Crippen molar-refractivity contribution < 1.29 is 14.2 Å². The normalized spacial score (nSPS) is 17.3. The van der Waals surface area contributed by atoms with E-state index >= 15 is 0 Å². The van der Waals surface area contributed by atoms with Crippen LogP contribution in [0.15, 0.2) is 42.5 Å². The summed E-state index contributed by atoms with van der Waals surface area (Å²) in [5.74, 6) is 2.46. The van der Waals surface area contributed by atoms with Crippen LogP contribution in [0.2, 0.25) is 0 Å². The summed E-state index contributed by atoms with van der Waals surface area (Å²) in [5.41, 5.74) is 1.64. The molecule has 1 heterocycles. The molecule has 5 nitrogen and oxygen atoms in total. The second-order valence-electron chi connectivity index (χ2n) is 7.08. The van der Waals surface area contributed by atoms with Gasteiger partial charge in [0, 0.05) is 23.7 Å². The zero-order chi connectivity index (χ0) is 19.4. The first-order chi connectivity index (χ1) is 12.9. The van der Waals surface area contributed by atoms with Crippen molar-refractivity contribution in [2.45, 2.75) is 38.8 Å². The van der Waals surface area contributed by atoms with E-state index in [2.05, 4.69) is 24.5 Å². The van der Waals surface area contributed by atoms with Crippen LogP contribution in [0.25, 0.3) is 0 Å². The van der Waals surface area contributed by atoms with Gasteiger partial charge in [0.1, 0.15) is 22.8 Å². The first kappa shape index (κ1) is 19.3. The molecule has 1 atom stereocenters. The first-order valence-electron chi connectivity index (χ1n) is 9.07. The van der Waals surface area contributed by atoms with Crippen LogP contribution in [0.3, 0.4) is 0 Å². The number of methoxy groups -OCH3 is 1. The number of fused-ring (bicyclic) bond motifs is 1. The van der Waals surface area contributed by atoms with E-state index in [0.717, 1.165) is 34.9 Å². The lowest BCUT2D eigenvalue weighted by atomic mass is 9.89. The van der Waals surface area contributed by atoms with Crippen molar-refractivity contribution in [2.75, 3.05) is 19.0 Å². The number of benzene rings is 2. The third kappa shape index (κ3) is 4.83. The van der Waals surface area contributed by atoms with Gasteiger partial charge in [0.25, 0.3) is 0 Å². The van der Waals surface area contributed by atoms with E-state index in [-0.39, 0.29) is 11.6 Å². The SMILES string of the molecule is CCOc1cccc(NC(=S)NC2CC(C)(C)Oc3ccc(OC)cc32)c1. The molecular weight excluding hydrogens is 360 g/mol. The van der Waals surface area contributed by atoms with E-state index in [1.807, 2.05) is 49.4 Å². The molecule has 2 aromatic carbocycles. The molecule has 144 valence electrons. The standard InChI is InChI=1S/C21H26N2O3S/c1-5-25-16-8-6-7-14(11-16)22-20(27)23-18-13-21(2,3)26-19-10-9-15(24-4)12-17(18)19/h6-12,18H,5,13H2,1-4H3,(H2,22,23,27). The van der Waals surface area contributed by atoms with Crippen LogP contribution in [-0.4, -0.2) is 24.4 Å². The molecule has 6 heteroatoms. The maximum absolute atomic E-state index is 6.12. The van der Waals surface area contributed by atoms with Gasteiger partial charge in [0.05, 0.1) is 19.8 Å². The molecule has 0 saturated carbocycles. The third-order valence-electron chi connectivity index (χ3n) is 4.38. The van der Waals surface area contributed by atoms with Gasteiger partial charge in [0.2, 0.25) is 0 Å². The molecule has 0 saturated heterocycles. The zero-order valence-corrected chi connectivity index (χ0v) is 17.0. The molecule has 0 aliphatic carbocycles. The highest BCUT2D eigenvalue weighted by atomic mass is 32.1. The van der Waals surface area contributed by atoms with E-state index in [9.17, 15) is 0 Å². The van der Waals surface area contributed by atoms with Gasteiger partial charge < -0.3 is 24.8 Å². The van der Waals surface area contributed by atoms with Crippen LogP contribution in [-0.2, 0) is 0 Å². The largest absolute Gasteiger partial charge is 0.497 e. The Bertz CT molecular complexity index is 823. The Labute approximate surface area is 166 Å². The number of thiocarbonyl (C=S) groups is 1. The quantitative estimate of drug-likeness (QED) is 0.728. The molecule has 1 unspecified atom stereocenters. The summed E-state index contributed by atoms with van der Waals surface area (Å²) in [6.45, 7) is 6.75. The lowest BCUT2D eigenvalue weighted by Crippen LogP contribution is -2.42. The Morgan fingerprint density at radius 2 is 2.04 bits per heavy atom. The van der Waals surface area contributed by atoms with Crippen molar-refractivity contribution in [1.29, 1.82) is 0 Å². The number of ether oxygens (including phenoxy) is 3. The molecule has 3 rings (SSSR count). The van der Waals surface area contributed by atoms with Crippen LogP contribution in [0.5, 0.6) is 17.2 Å². The topological polar surface area (TPSA) is 51.8 Å². The number of rotatable bonds is 5. The van der Waals surface area contributed by atoms with Gasteiger partial charge in [-0.05, 0) is 63.3 Å². The molecular formula is C21H26N2O3S. The van der Waals surface area contributed by atoms with Crippen molar-refractivity contribution >= 4 is 23.0 Å². The maximum Gasteiger partial charge on any atom is 0.171 e. The Morgan fingerprint density at radius 3 is 2.78 bits per heavy atom. The van der Waals surface area contributed by atoms with Gasteiger partial charge in [-0.25, -0.2) is 0 Å². The fourth-order valence-electron chi connectivity index (χ4n) is 3.24. The van der Waals surface area contributed by atoms with Crippen LogP contribution < -0.4 is 24.8 Å². The lowest BCUT2D eigenvalue weighted by Gasteiger charge is -2.38. The smallest absolute Gasteiger partial charge is 0.171 e. The molecule has 0 bridgehead atoms. The van der Waals surface area contributed by atoms with E-state index in [1.165, 1.54) is 0 Å². The summed E-state index contributed by atoms with van der Waals surface area (Å²) >= 11 is 5.55. The molecule has 1 aliphatic heterocycles. The molecule has 0 spiro atoms. The molecule has 27 heavy (non-hydrogen) atoms. The second kappa shape index (κ2) is 8.05. The maximum atomic E-state index is 6.12. The molecule has 0 radical (unpaired) electrons. The highest BCUT2D eigenvalue weighted by Crippen LogP contribution is 2.41. The monoisotopic (exact) mass is 386 g/mol. The van der Waals surface area contributed by atoms with Crippen molar-refractivity contribution in [1.82, 2.24) is 5.32 Å². The minimum absolute atomic E-state index is 0.0222. The molecule has 2 aromatic rings. The van der Waals surface area contributed by atoms with Crippen LogP contribution in [0.4, 0.5) is 5.69 Å². The van der Waals surface area contributed by atoms with Gasteiger partial charge >= 0.3 is 0 Å². The molecule has 0 amide bonds. The second-order valence-corrected chi connectivity index (χ2v) is 7.49. The minimum atomic E-state index is -0.288. The number of hydrogen-bond acceptors (Lipinski definition) is 4. The fourth-order valence-corrected chi connectivity index (χ4v) is 3.50. The summed E-state index contributed by atoms with van der Waals surface area (Å²) in [4.78, 5) is 0. The van der Waals surface area contributed by atoms with Gasteiger partial charge in [-0.15, -0.1) is 0 Å². The highest BCUT2D eigenvalue weighted by molar-refractivity contribution is 7.80. The molecule has 0 aromatic heterocycles.